The van der Waals surface area contributed by atoms with Gasteiger partial charge in [-0.05, 0) is 93.4 Å². The third kappa shape index (κ3) is 9.04. The number of nitrogens with zero attached hydrogens (tertiary/aromatic N) is 1. The maximum Gasteiger partial charge on any atom is 0.326 e. The first kappa shape index (κ1) is 32.0. The Bertz CT molecular complexity index is 1580. The van der Waals surface area contributed by atoms with Crippen molar-refractivity contribution in [3.05, 3.63) is 113 Å². The largest absolute Gasteiger partial charge is 0.493 e. The Morgan fingerprint density at radius 3 is 2.27 bits per heavy atom. The number of hydrogen-bond donors (Lipinski definition) is 2. The van der Waals surface area contributed by atoms with Gasteiger partial charge in [-0.3, -0.25) is 4.79 Å². The van der Waals surface area contributed by atoms with E-state index in [2.05, 4.69) is 10.3 Å². The second-order valence-corrected chi connectivity index (χ2v) is 10.6. The van der Waals surface area contributed by atoms with Crippen molar-refractivity contribution in [2.24, 2.45) is 0 Å². The van der Waals surface area contributed by atoms with Crippen LogP contribution in [0.3, 0.4) is 0 Å². The van der Waals surface area contributed by atoms with Gasteiger partial charge in [0.15, 0.2) is 5.78 Å². The standard InChI is InChI=1S/C35H37FN2O6/c1-5-28(21-33(39)25-8-12-27(36)13-9-25)37-32(35(40)41)20-24-6-14-29(15-7-24)42-19-18-31-23(4)44-34(38-31)26-10-16-30(17-11-26)43-22(2)3/h6-17,21-22,32,37H,5,18-20H2,1-4H3,(H,40,41)/b28-21-/t32-/m0/s1. The van der Waals surface area contributed by atoms with Crippen LogP contribution < -0.4 is 14.8 Å². The molecule has 1 aromatic heterocycles. The number of nitrogens with one attached hydrogen (secondary N) is 1. The van der Waals surface area contributed by atoms with Crippen LogP contribution in [0, 0.1) is 12.7 Å². The molecule has 2 N–H and O–H groups in total. The van der Waals surface area contributed by atoms with E-state index in [4.69, 9.17) is 13.9 Å². The molecule has 0 saturated carbocycles. The van der Waals surface area contributed by atoms with Crippen LogP contribution in [-0.2, 0) is 17.6 Å². The average Bonchev–Trinajstić information content (AvgIpc) is 3.37. The van der Waals surface area contributed by atoms with Crippen molar-refractivity contribution in [2.45, 2.75) is 59.1 Å². The van der Waals surface area contributed by atoms with Crippen LogP contribution in [0.5, 0.6) is 11.5 Å². The Kier molecular flexibility index (Phi) is 10.9. The Morgan fingerprint density at radius 1 is 1.00 bits per heavy atom. The topological polar surface area (TPSA) is 111 Å². The molecule has 4 aromatic rings. The zero-order valence-corrected chi connectivity index (χ0v) is 25.3. The predicted molar refractivity (Wildman–Crippen MR) is 165 cm³/mol. The first-order valence-electron chi connectivity index (χ1n) is 14.6. The van der Waals surface area contributed by atoms with Crippen LogP contribution in [0.15, 0.2) is 89.0 Å². The molecule has 0 unspecified atom stereocenters. The lowest BCUT2D eigenvalue weighted by molar-refractivity contribution is -0.139. The van der Waals surface area contributed by atoms with E-state index in [-0.39, 0.29) is 18.3 Å². The first-order valence-corrected chi connectivity index (χ1v) is 14.6. The van der Waals surface area contributed by atoms with Crippen LogP contribution in [0.1, 0.15) is 54.6 Å². The fourth-order valence-electron chi connectivity index (χ4n) is 4.48. The second-order valence-electron chi connectivity index (χ2n) is 10.6. The molecule has 8 nitrogen and oxygen atoms in total. The first-order chi connectivity index (χ1) is 21.1. The summed E-state index contributed by atoms with van der Waals surface area (Å²) in [6.45, 7) is 8.05. The summed E-state index contributed by atoms with van der Waals surface area (Å²) >= 11 is 0. The van der Waals surface area contributed by atoms with Gasteiger partial charge in [0.2, 0.25) is 5.89 Å². The molecule has 0 aliphatic heterocycles. The smallest absolute Gasteiger partial charge is 0.326 e. The molecular formula is C35H37FN2O6. The highest BCUT2D eigenvalue weighted by Crippen LogP contribution is 2.25. The van der Waals surface area contributed by atoms with E-state index in [9.17, 15) is 19.1 Å². The van der Waals surface area contributed by atoms with Crippen LogP contribution in [-0.4, -0.2) is 40.6 Å². The van der Waals surface area contributed by atoms with Gasteiger partial charge in [0.1, 0.15) is 29.1 Å². The zero-order chi connectivity index (χ0) is 31.6. The Hall–Kier alpha value is -4.92. The van der Waals surface area contributed by atoms with Gasteiger partial charge in [-0.15, -0.1) is 0 Å². The Labute approximate surface area is 256 Å². The molecule has 0 radical (unpaired) electrons. The third-order valence-corrected chi connectivity index (χ3v) is 6.81. The minimum absolute atomic E-state index is 0.0989. The van der Waals surface area contributed by atoms with Crippen molar-refractivity contribution in [3.63, 3.8) is 0 Å². The molecule has 0 aliphatic rings. The third-order valence-electron chi connectivity index (χ3n) is 6.81. The number of ether oxygens (including phenoxy) is 2. The SMILES string of the molecule is CC/C(=C/C(=O)c1ccc(F)cc1)N[C@@H](Cc1ccc(OCCc2nc(-c3ccc(OC(C)C)cc3)oc2C)cc1)C(=O)O. The number of rotatable bonds is 15. The molecule has 3 aromatic carbocycles. The molecule has 0 fully saturated rings. The summed E-state index contributed by atoms with van der Waals surface area (Å²) in [6.07, 6.45) is 2.64. The molecule has 44 heavy (non-hydrogen) atoms. The van der Waals surface area contributed by atoms with Gasteiger partial charge < -0.3 is 24.3 Å². The minimum atomic E-state index is -1.04. The molecule has 230 valence electrons. The number of aryl methyl sites for hydroxylation is 1. The van der Waals surface area contributed by atoms with Crippen LogP contribution >= 0.6 is 0 Å². The van der Waals surface area contributed by atoms with Crippen molar-refractivity contribution in [3.8, 4) is 23.0 Å². The number of carboxylic acids is 1. The Balaban J connectivity index is 1.31. The normalized spacial score (nSPS) is 12.2. The van der Waals surface area contributed by atoms with Gasteiger partial charge in [0.05, 0.1) is 18.4 Å². The number of aromatic nitrogens is 1. The lowest BCUT2D eigenvalue weighted by Crippen LogP contribution is -2.38. The zero-order valence-electron chi connectivity index (χ0n) is 25.3. The van der Waals surface area contributed by atoms with E-state index < -0.39 is 17.8 Å². The fraction of sp³-hybridized carbons (Fsp3) is 0.286. The molecule has 1 atom stereocenters. The number of oxazole rings is 1. The number of halogens is 1. The number of ketones is 1. The molecular weight excluding hydrogens is 563 g/mol. The monoisotopic (exact) mass is 600 g/mol. The highest BCUT2D eigenvalue weighted by atomic mass is 19.1. The van der Waals surface area contributed by atoms with E-state index in [1.165, 1.54) is 30.3 Å². The van der Waals surface area contributed by atoms with E-state index in [1.807, 2.05) is 64.1 Å². The molecule has 0 bridgehead atoms. The van der Waals surface area contributed by atoms with Gasteiger partial charge in [-0.25, -0.2) is 14.2 Å². The van der Waals surface area contributed by atoms with Crippen molar-refractivity contribution in [1.82, 2.24) is 10.3 Å². The van der Waals surface area contributed by atoms with Gasteiger partial charge in [-0.1, -0.05) is 19.1 Å². The minimum Gasteiger partial charge on any atom is -0.493 e. The summed E-state index contributed by atoms with van der Waals surface area (Å²) in [6, 6.07) is 19.1. The average molecular weight is 601 g/mol. The van der Waals surface area contributed by atoms with Crippen LogP contribution in [0.2, 0.25) is 0 Å². The van der Waals surface area contributed by atoms with Crippen LogP contribution in [0.4, 0.5) is 4.39 Å². The molecule has 0 spiro atoms. The van der Waals surface area contributed by atoms with Gasteiger partial charge in [-0.2, -0.15) is 0 Å². The molecule has 9 heteroatoms. The molecule has 0 saturated heterocycles. The van der Waals surface area contributed by atoms with Crippen molar-refractivity contribution < 1.29 is 33.0 Å². The highest BCUT2D eigenvalue weighted by Gasteiger charge is 2.19. The second kappa shape index (κ2) is 15.0. The number of carbonyl (C=O) groups is 2. The fourth-order valence-corrected chi connectivity index (χ4v) is 4.48. The highest BCUT2D eigenvalue weighted by molar-refractivity contribution is 6.04. The van der Waals surface area contributed by atoms with Gasteiger partial charge in [0, 0.05) is 35.7 Å². The van der Waals surface area contributed by atoms with Crippen LogP contribution in [0.25, 0.3) is 11.5 Å². The number of carboxylic acid groups (broad SMARTS) is 1. The van der Waals surface area contributed by atoms with E-state index in [0.717, 1.165) is 28.3 Å². The summed E-state index contributed by atoms with van der Waals surface area (Å²) in [7, 11) is 0. The van der Waals surface area contributed by atoms with E-state index >= 15 is 0 Å². The summed E-state index contributed by atoms with van der Waals surface area (Å²) in [5.74, 6) is 0.905. The lowest BCUT2D eigenvalue weighted by atomic mass is 10.0. The number of carbonyl (C=O) groups excluding carboxylic acids is 1. The quantitative estimate of drug-likeness (QED) is 0.111. The molecule has 4 rings (SSSR count). The molecule has 0 amide bonds. The van der Waals surface area contributed by atoms with E-state index in [0.29, 0.717) is 42.3 Å². The summed E-state index contributed by atoms with van der Waals surface area (Å²) in [5, 5.41) is 12.8. The predicted octanol–water partition coefficient (Wildman–Crippen LogP) is 6.96. The summed E-state index contributed by atoms with van der Waals surface area (Å²) < 4.78 is 30.7. The van der Waals surface area contributed by atoms with Crippen molar-refractivity contribution >= 4 is 11.8 Å². The lowest BCUT2D eigenvalue weighted by Gasteiger charge is -2.18. The van der Waals surface area contributed by atoms with E-state index in [1.54, 1.807) is 12.1 Å². The van der Waals surface area contributed by atoms with Gasteiger partial charge >= 0.3 is 5.97 Å². The Morgan fingerprint density at radius 2 is 1.66 bits per heavy atom. The van der Waals surface area contributed by atoms with Gasteiger partial charge in [0.25, 0.3) is 0 Å². The summed E-state index contributed by atoms with van der Waals surface area (Å²) in [5.41, 5.74) is 3.27. The summed E-state index contributed by atoms with van der Waals surface area (Å²) in [4.78, 5) is 29.2. The number of benzene rings is 3. The number of aliphatic carboxylic acids is 1. The molecule has 0 aliphatic carbocycles. The number of allylic oxidation sites excluding steroid dienone is 2. The van der Waals surface area contributed by atoms with Crippen molar-refractivity contribution in [2.75, 3.05) is 6.61 Å². The maximum absolute atomic E-state index is 13.2. The number of hydrogen-bond acceptors (Lipinski definition) is 7. The van der Waals surface area contributed by atoms with Crippen molar-refractivity contribution in [1.29, 1.82) is 0 Å². The maximum atomic E-state index is 13.2. The molecule has 1 heterocycles.